The maximum absolute atomic E-state index is 12.5. The van der Waals surface area contributed by atoms with Crippen LogP contribution < -0.4 is 5.32 Å². The minimum atomic E-state index is -1.21. The van der Waals surface area contributed by atoms with Gasteiger partial charge in [-0.25, -0.2) is 9.59 Å². The van der Waals surface area contributed by atoms with Crippen LogP contribution >= 0.6 is 0 Å². The Morgan fingerprint density at radius 1 is 1.04 bits per heavy atom. The van der Waals surface area contributed by atoms with Gasteiger partial charge in [-0.1, -0.05) is 62.4 Å². The number of nitrogens with one attached hydrogen (secondary N) is 1. The number of hydrogen-bond donors (Lipinski definition) is 2. The van der Waals surface area contributed by atoms with E-state index < -0.39 is 17.6 Å². The monoisotopic (exact) mass is 379 g/mol. The van der Waals surface area contributed by atoms with Crippen molar-refractivity contribution < 1.29 is 19.4 Å². The molecule has 5 nitrogen and oxygen atoms in total. The van der Waals surface area contributed by atoms with E-state index in [9.17, 15) is 14.7 Å². The lowest BCUT2D eigenvalue weighted by Crippen LogP contribution is -2.48. The summed E-state index contributed by atoms with van der Waals surface area (Å²) in [7, 11) is 0. The van der Waals surface area contributed by atoms with E-state index in [0.717, 1.165) is 22.3 Å². The van der Waals surface area contributed by atoms with Crippen molar-refractivity contribution in [2.45, 2.75) is 44.6 Å². The summed E-state index contributed by atoms with van der Waals surface area (Å²) in [4.78, 5) is 24.4. The lowest BCUT2D eigenvalue weighted by Gasteiger charge is -2.22. The summed E-state index contributed by atoms with van der Waals surface area (Å²) in [6, 6.07) is 16.2. The molecule has 2 N–H and O–H groups in total. The number of hydrogen-bond acceptors (Lipinski definition) is 3. The molecule has 1 atom stereocenters. The van der Waals surface area contributed by atoms with Crippen molar-refractivity contribution in [3.63, 3.8) is 0 Å². The Morgan fingerprint density at radius 3 is 2.04 bits per heavy atom. The van der Waals surface area contributed by atoms with E-state index in [4.69, 9.17) is 4.74 Å². The Bertz CT molecular complexity index is 888. The first-order valence-electron chi connectivity index (χ1n) is 9.84. The molecule has 1 saturated carbocycles. The topological polar surface area (TPSA) is 75.6 Å². The highest BCUT2D eigenvalue weighted by molar-refractivity contribution is 5.89. The average Bonchev–Trinajstić information content (AvgIpc) is 3.27. The van der Waals surface area contributed by atoms with Gasteiger partial charge in [-0.3, -0.25) is 0 Å². The van der Waals surface area contributed by atoms with Crippen molar-refractivity contribution in [3.8, 4) is 11.1 Å². The fraction of sp³-hybridized carbons (Fsp3) is 0.391. The van der Waals surface area contributed by atoms with E-state index in [1.807, 2.05) is 38.1 Å². The van der Waals surface area contributed by atoms with Crippen LogP contribution in [0.1, 0.15) is 50.2 Å². The molecule has 28 heavy (non-hydrogen) atoms. The second-order valence-electron chi connectivity index (χ2n) is 7.83. The standard InChI is InChI=1S/C23H25NO4/c1-3-22(4-2)14-23(22,20(25)26)24-21(27)28-13-19-17-11-7-5-9-15(17)16-10-6-8-12-18(16)19/h5-12,19H,3-4,13-14H2,1-2H3,(H,24,27)(H,25,26)/t23-/m0/s1. The molecule has 4 rings (SSSR count). The molecule has 0 saturated heterocycles. The molecular weight excluding hydrogens is 354 g/mol. The van der Waals surface area contributed by atoms with Crippen LogP contribution in [-0.2, 0) is 9.53 Å². The van der Waals surface area contributed by atoms with Gasteiger partial charge < -0.3 is 15.2 Å². The third-order valence-electron chi connectivity index (χ3n) is 6.76. The van der Waals surface area contributed by atoms with Crippen LogP contribution in [-0.4, -0.2) is 29.3 Å². The van der Waals surface area contributed by atoms with E-state index in [1.54, 1.807) is 0 Å². The van der Waals surface area contributed by atoms with Crippen LogP contribution in [0.15, 0.2) is 48.5 Å². The Hall–Kier alpha value is -2.82. The maximum Gasteiger partial charge on any atom is 0.408 e. The van der Waals surface area contributed by atoms with Gasteiger partial charge in [-0.15, -0.1) is 0 Å². The van der Waals surface area contributed by atoms with Gasteiger partial charge in [-0.2, -0.15) is 0 Å². The molecule has 0 heterocycles. The largest absolute Gasteiger partial charge is 0.479 e. The van der Waals surface area contributed by atoms with Crippen LogP contribution in [0.2, 0.25) is 0 Å². The highest BCUT2D eigenvalue weighted by atomic mass is 16.5. The predicted octanol–water partition coefficient (Wildman–Crippen LogP) is 4.56. The normalized spacial score (nSPS) is 21.5. The zero-order valence-electron chi connectivity index (χ0n) is 16.2. The number of carboxylic acids is 1. The highest BCUT2D eigenvalue weighted by Crippen LogP contribution is 2.61. The fourth-order valence-corrected chi connectivity index (χ4v) is 4.91. The van der Waals surface area contributed by atoms with Crippen molar-refractivity contribution in [3.05, 3.63) is 59.7 Å². The zero-order valence-corrected chi connectivity index (χ0v) is 16.2. The van der Waals surface area contributed by atoms with Crippen molar-refractivity contribution >= 4 is 12.1 Å². The number of carbonyl (C=O) groups is 2. The molecule has 2 aliphatic rings. The van der Waals surface area contributed by atoms with Gasteiger partial charge >= 0.3 is 12.1 Å². The van der Waals surface area contributed by atoms with Gasteiger partial charge in [0, 0.05) is 11.3 Å². The number of carboxylic acid groups (broad SMARTS) is 1. The quantitative estimate of drug-likeness (QED) is 0.771. The van der Waals surface area contributed by atoms with Crippen molar-refractivity contribution in [1.29, 1.82) is 0 Å². The number of aliphatic carboxylic acids is 1. The van der Waals surface area contributed by atoms with Gasteiger partial charge in [0.25, 0.3) is 0 Å². The van der Waals surface area contributed by atoms with Crippen LogP contribution in [0.4, 0.5) is 4.79 Å². The van der Waals surface area contributed by atoms with Crippen LogP contribution in [0, 0.1) is 5.41 Å². The summed E-state index contributed by atoms with van der Waals surface area (Å²) in [6.07, 6.45) is 1.21. The molecule has 0 spiro atoms. The smallest absolute Gasteiger partial charge is 0.408 e. The lowest BCUT2D eigenvalue weighted by atomic mass is 9.93. The van der Waals surface area contributed by atoms with Gasteiger partial charge in [0.05, 0.1) is 0 Å². The number of benzene rings is 2. The SMILES string of the molecule is CCC1(CC)C[C@]1(NC(=O)OCC1c2ccccc2-c2ccccc21)C(=O)O. The van der Waals surface area contributed by atoms with E-state index in [0.29, 0.717) is 19.3 Å². The first-order chi connectivity index (χ1) is 13.5. The first kappa shape index (κ1) is 18.5. The van der Waals surface area contributed by atoms with E-state index in [1.165, 1.54) is 0 Å². The summed E-state index contributed by atoms with van der Waals surface area (Å²) < 4.78 is 5.53. The number of fused-ring (bicyclic) bond motifs is 3. The molecule has 0 radical (unpaired) electrons. The van der Waals surface area contributed by atoms with E-state index in [-0.39, 0.29) is 17.9 Å². The van der Waals surface area contributed by atoms with Crippen LogP contribution in [0.5, 0.6) is 0 Å². The van der Waals surface area contributed by atoms with Crippen LogP contribution in [0.25, 0.3) is 11.1 Å². The second-order valence-corrected chi connectivity index (χ2v) is 7.83. The van der Waals surface area contributed by atoms with Crippen molar-refractivity contribution in [1.82, 2.24) is 5.32 Å². The average molecular weight is 379 g/mol. The molecule has 1 amide bonds. The number of alkyl carbamates (subject to hydrolysis) is 1. The zero-order chi connectivity index (χ0) is 19.9. The Balaban J connectivity index is 1.50. The summed E-state index contributed by atoms with van der Waals surface area (Å²) in [5.74, 6) is -1.02. The van der Waals surface area contributed by atoms with Crippen molar-refractivity contribution in [2.24, 2.45) is 5.41 Å². The molecule has 2 aromatic carbocycles. The molecule has 5 heteroatoms. The second kappa shape index (κ2) is 6.66. The predicted molar refractivity (Wildman–Crippen MR) is 106 cm³/mol. The number of amides is 1. The number of carbonyl (C=O) groups excluding carboxylic acids is 1. The summed E-state index contributed by atoms with van der Waals surface area (Å²) in [5, 5.41) is 12.4. The highest BCUT2D eigenvalue weighted by Gasteiger charge is 2.71. The molecule has 2 aliphatic carbocycles. The third kappa shape index (κ3) is 2.60. The molecule has 0 aromatic heterocycles. The molecular formula is C23H25NO4. The summed E-state index contributed by atoms with van der Waals surface area (Å²) in [5.41, 5.74) is 2.99. The van der Waals surface area contributed by atoms with Gasteiger partial charge in [0.15, 0.2) is 0 Å². The molecule has 146 valence electrons. The van der Waals surface area contributed by atoms with Gasteiger partial charge in [0.2, 0.25) is 0 Å². The third-order valence-corrected chi connectivity index (χ3v) is 6.76. The van der Waals surface area contributed by atoms with E-state index >= 15 is 0 Å². The molecule has 0 unspecified atom stereocenters. The molecule has 1 fully saturated rings. The van der Waals surface area contributed by atoms with E-state index in [2.05, 4.69) is 29.6 Å². The Morgan fingerprint density at radius 2 is 1.57 bits per heavy atom. The number of ether oxygens (including phenoxy) is 1. The molecule has 0 aliphatic heterocycles. The van der Waals surface area contributed by atoms with Crippen LogP contribution in [0.3, 0.4) is 0 Å². The van der Waals surface area contributed by atoms with Gasteiger partial charge in [0.1, 0.15) is 12.1 Å². The fourth-order valence-electron chi connectivity index (χ4n) is 4.91. The molecule has 2 aromatic rings. The van der Waals surface area contributed by atoms with Crippen molar-refractivity contribution in [2.75, 3.05) is 6.61 Å². The minimum absolute atomic E-state index is 0.0414. The number of rotatable bonds is 6. The minimum Gasteiger partial charge on any atom is -0.479 e. The van der Waals surface area contributed by atoms with Gasteiger partial charge in [-0.05, 0) is 41.5 Å². The Labute approximate surface area is 164 Å². The first-order valence-corrected chi connectivity index (χ1v) is 9.84. The summed E-state index contributed by atoms with van der Waals surface area (Å²) >= 11 is 0. The summed E-state index contributed by atoms with van der Waals surface area (Å²) in [6.45, 7) is 4.11. The Kier molecular flexibility index (Phi) is 4.41. The lowest BCUT2D eigenvalue weighted by molar-refractivity contribution is -0.142. The molecule has 0 bridgehead atoms. The maximum atomic E-state index is 12.5.